The second-order valence-corrected chi connectivity index (χ2v) is 14.9. The van der Waals surface area contributed by atoms with E-state index in [-0.39, 0.29) is 0 Å². The van der Waals surface area contributed by atoms with Crippen molar-refractivity contribution >= 4 is 21.8 Å². The lowest BCUT2D eigenvalue weighted by Gasteiger charge is -2.12. The van der Waals surface area contributed by atoms with Crippen molar-refractivity contribution in [1.29, 1.82) is 0 Å². The van der Waals surface area contributed by atoms with E-state index in [1.807, 2.05) is 78.9 Å². The first-order valence-electron chi connectivity index (χ1n) is 20.3. The minimum Gasteiger partial charge on any atom is -0.309 e. The summed E-state index contributed by atoms with van der Waals surface area (Å²) in [6.45, 7) is 0. The maximum absolute atomic E-state index is 5.10. The molecule has 0 saturated heterocycles. The Morgan fingerprint density at radius 3 is 1.18 bits per heavy atom. The van der Waals surface area contributed by atoms with E-state index < -0.39 is 0 Å². The third-order valence-corrected chi connectivity index (χ3v) is 11.1. The highest BCUT2D eigenvalue weighted by molar-refractivity contribution is 6.09. The van der Waals surface area contributed by atoms with Crippen LogP contribution < -0.4 is 0 Å². The highest BCUT2D eigenvalue weighted by atomic mass is 15.0. The lowest BCUT2D eigenvalue weighted by Crippen LogP contribution is -2.00. The molecule has 3 aromatic heterocycles. The lowest BCUT2D eigenvalue weighted by atomic mass is 10.00. The van der Waals surface area contributed by atoms with Gasteiger partial charge in [-0.05, 0) is 59.7 Å². The monoisotopic (exact) mass is 780 g/mol. The molecule has 8 aromatic carbocycles. The zero-order valence-electron chi connectivity index (χ0n) is 33.0. The summed E-state index contributed by atoms with van der Waals surface area (Å²) in [5, 5.41) is 2.46. The van der Waals surface area contributed by atoms with E-state index in [0.717, 1.165) is 61.6 Å². The third-order valence-electron chi connectivity index (χ3n) is 11.1. The minimum atomic E-state index is 0.608. The molecule has 0 fully saturated rings. The van der Waals surface area contributed by atoms with Crippen LogP contribution in [-0.2, 0) is 0 Å². The fourth-order valence-corrected chi connectivity index (χ4v) is 8.05. The zero-order chi connectivity index (χ0) is 40.5. The Labute approximate surface area is 353 Å². The van der Waals surface area contributed by atoms with Crippen molar-refractivity contribution in [3.63, 3.8) is 0 Å². The van der Waals surface area contributed by atoms with Gasteiger partial charge in [-0.1, -0.05) is 170 Å². The van der Waals surface area contributed by atoms with Gasteiger partial charge in [0, 0.05) is 49.8 Å². The van der Waals surface area contributed by atoms with E-state index in [2.05, 4.69) is 144 Å². The van der Waals surface area contributed by atoms with E-state index >= 15 is 0 Å². The molecule has 0 radical (unpaired) electrons. The van der Waals surface area contributed by atoms with Crippen molar-refractivity contribution in [3.8, 4) is 84.9 Å². The predicted octanol–water partition coefficient (Wildman–Crippen LogP) is 13.4. The third kappa shape index (κ3) is 6.92. The summed E-state index contributed by atoms with van der Waals surface area (Å²) in [7, 11) is 0. The topological polar surface area (TPSA) is 69.4 Å². The number of hydrogen-bond donors (Lipinski definition) is 0. The van der Waals surface area contributed by atoms with Gasteiger partial charge in [-0.15, -0.1) is 0 Å². The van der Waals surface area contributed by atoms with Gasteiger partial charge in [0.2, 0.25) is 0 Å². The number of hydrogen-bond acceptors (Lipinski definition) is 5. The van der Waals surface area contributed by atoms with E-state index in [0.29, 0.717) is 23.3 Å². The standard InChI is InChI=1S/C55H36N6/c1-4-15-38(16-5-1)48-36-49(57-52(56-48)40-17-6-2-7-18-40)39-29-27-37(28-30-39)43-21-14-22-44(35-43)55-59-53(41-19-8-3-9-20-41)58-54(60-55)42-31-33-45(34-32-42)61-50-25-12-10-23-46(50)47-24-11-13-26-51(47)61/h1-36H. The van der Waals surface area contributed by atoms with Crippen molar-refractivity contribution in [2.75, 3.05) is 0 Å². The number of para-hydroxylation sites is 2. The van der Waals surface area contributed by atoms with Crippen molar-refractivity contribution in [2.45, 2.75) is 0 Å². The summed E-state index contributed by atoms with van der Waals surface area (Å²) in [4.78, 5) is 25.2. The highest BCUT2D eigenvalue weighted by Crippen LogP contribution is 2.34. The number of benzene rings is 8. The maximum atomic E-state index is 5.10. The summed E-state index contributed by atoms with van der Waals surface area (Å²) in [5.74, 6) is 2.54. The first kappa shape index (κ1) is 35.8. The second kappa shape index (κ2) is 15.4. The van der Waals surface area contributed by atoms with Gasteiger partial charge in [-0.25, -0.2) is 24.9 Å². The van der Waals surface area contributed by atoms with Gasteiger partial charge in [0.05, 0.1) is 22.4 Å². The molecule has 11 aromatic rings. The molecule has 61 heavy (non-hydrogen) atoms. The molecular formula is C55H36N6. The van der Waals surface area contributed by atoms with Gasteiger partial charge in [-0.2, -0.15) is 0 Å². The first-order chi connectivity index (χ1) is 30.2. The van der Waals surface area contributed by atoms with Crippen LogP contribution in [0.5, 0.6) is 0 Å². The van der Waals surface area contributed by atoms with E-state index in [9.17, 15) is 0 Å². The number of nitrogens with zero attached hydrogens (tertiary/aromatic N) is 6. The molecule has 0 aliphatic heterocycles. The van der Waals surface area contributed by atoms with Gasteiger partial charge in [-0.3, -0.25) is 0 Å². The first-order valence-corrected chi connectivity index (χ1v) is 20.3. The molecule has 0 spiro atoms. The SMILES string of the molecule is c1ccc(-c2cc(-c3ccc(-c4cccc(-c5nc(-c6ccccc6)nc(-c6ccc(-n7c8ccccc8c8ccccc87)cc6)n5)c4)cc3)nc(-c3ccccc3)n2)cc1. The Balaban J connectivity index is 0.945. The van der Waals surface area contributed by atoms with Gasteiger partial charge in [0.25, 0.3) is 0 Å². The maximum Gasteiger partial charge on any atom is 0.164 e. The van der Waals surface area contributed by atoms with Gasteiger partial charge in [0.15, 0.2) is 23.3 Å². The molecule has 6 heteroatoms. The van der Waals surface area contributed by atoms with Crippen molar-refractivity contribution < 1.29 is 0 Å². The fraction of sp³-hybridized carbons (Fsp3) is 0. The van der Waals surface area contributed by atoms with Gasteiger partial charge in [0.1, 0.15) is 0 Å². The molecule has 0 bridgehead atoms. The largest absolute Gasteiger partial charge is 0.309 e. The average molecular weight is 781 g/mol. The van der Waals surface area contributed by atoms with Crippen LogP contribution in [0.2, 0.25) is 0 Å². The molecule has 6 nitrogen and oxygen atoms in total. The zero-order valence-corrected chi connectivity index (χ0v) is 33.0. The fourth-order valence-electron chi connectivity index (χ4n) is 8.05. The van der Waals surface area contributed by atoms with Crippen LogP contribution in [-0.4, -0.2) is 29.5 Å². The molecule has 0 saturated carbocycles. The molecule has 0 aliphatic carbocycles. The Hall–Kier alpha value is -8.35. The molecular weight excluding hydrogens is 745 g/mol. The second-order valence-electron chi connectivity index (χ2n) is 14.9. The summed E-state index contributed by atoms with van der Waals surface area (Å²) >= 11 is 0. The van der Waals surface area contributed by atoms with Crippen LogP contribution >= 0.6 is 0 Å². The summed E-state index contributed by atoms with van der Waals surface area (Å²) in [6, 6.07) is 75.1. The molecule has 0 atom stereocenters. The van der Waals surface area contributed by atoms with Crippen molar-refractivity contribution in [1.82, 2.24) is 29.5 Å². The quantitative estimate of drug-likeness (QED) is 0.154. The number of fused-ring (bicyclic) bond motifs is 3. The van der Waals surface area contributed by atoms with E-state index in [4.69, 9.17) is 24.9 Å². The molecule has 286 valence electrons. The summed E-state index contributed by atoms with van der Waals surface area (Å²) in [5.41, 5.74) is 13.1. The molecule has 0 aliphatic rings. The average Bonchev–Trinajstić information content (AvgIpc) is 3.69. The smallest absolute Gasteiger partial charge is 0.164 e. The normalized spacial score (nSPS) is 11.3. The van der Waals surface area contributed by atoms with Crippen molar-refractivity contribution in [2.24, 2.45) is 0 Å². The molecule has 0 amide bonds. The molecule has 0 N–H and O–H groups in total. The Morgan fingerprint density at radius 1 is 0.246 bits per heavy atom. The lowest BCUT2D eigenvalue weighted by molar-refractivity contribution is 1.07. The van der Waals surface area contributed by atoms with Gasteiger partial charge >= 0.3 is 0 Å². The summed E-state index contributed by atoms with van der Waals surface area (Å²) in [6.07, 6.45) is 0. The van der Waals surface area contributed by atoms with Crippen LogP contribution in [0.25, 0.3) is 107 Å². The van der Waals surface area contributed by atoms with E-state index in [1.165, 1.54) is 21.8 Å². The molecule has 11 rings (SSSR count). The molecule has 3 heterocycles. The van der Waals surface area contributed by atoms with Crippen LogP contribution in [0.3, 0.4) is 0 Å². The van der Waals surface area contributed by atoms with Crippen LogP contribution in [0.15, 0.2) is 218 Å². The van der Waals surface area contributed by atoms with Crippen molar-refractivity contribution in [3.05, 3.63) is 218 Å². The Kier molecular flexibility index (Phi) is 9.06. The van der Waals surface area contributed by atoms with Gasteiger partial charge < -0.3 is 4.57 Å². The Bertz CT molecular complexity index is 3210. The van der Waals surface area contributed by atoms with Crippen LogP contribution in [0.1, 0.15) is 0 Å². The summed E-state index contributed by atoms with van der Waals surface area (Å²) < 4.78 is 2.32. The van der Waals surface area contributed by atoms with E-state index in [1.54, 1.807) is 0 Å². The molecule has 0 unspecified atom stereocenters. The Morgan fingerprint density at radius 2 is 0.623 bits per heavy atom. The highest BCUT2D eigenvalue weighted by Gasteiger charge is 2.16. The number of rotatable bonds is 8. The van der Waals surface area contributed by atoms with Crippen LogP contribution in [0, 0.1) is 0 Å². The van der Waals surface area contributed by atoms with Crippen LogP contribution in [0.4, 0.5) is 0 Å². The number of aromatic nitrogens is 6. The predicted molar refractivity (Wildman–Crippen MR) is 248 cm³/mol. The minimum absolute atomic E-state index is 0.608.